The highest BCUT2D eigenvalue weighted by Gasteiger charge is 2.13. The van der Waals surface area contributed by atoms with Gasteiger partial charge in [-0.1, -0.05) is 0 Å². The highest BCUT2D eigenvalue weighted by Crippen LogP contribution is 2.23. The molecule has 0 unspecified atom stereocenters. The van der Waals surface area contributed by atoms with Crippen LogP contribution in [0.5, 0.6) is 0 Å². The van der Waals surface area contributed by atoms with Gasteiger partial charge in [-0.05, 0) is 38.7 Å². The molecule has 0 radical (unpaired) electrons. The summed E-state index contributed by atoms with van der Waals surface area (Å²) in [5.41, 5.74) is 5.33. The Morgan fingerprint density at radius 3 is 2.00 bits per heavy atom. The summed E-state index contributed by atoms with van der Waals surface area (Å²) in [4.78, 5) is 1.87. The average Bonchev–Trinajstić information content (AvgIpc) is 2.12. The Kier molecular flexibility index (Phi) is 3.06. The molecule has 78 valence electrons. The van der Waals surface area contributed by atoms with Crippen LogP contribution in [0.25, 0.3) is 0 Å². The molecule has 1 aromatic rings. The fourth-order valence-corrected chi connectivity index (χ4v) is 1.14. The number of anilines is 1. The summed E-state index contributed by atoms with van der Waals surface area (Å²) in [6, 6.07) is 2.49. The van der Waals surface area contributed by atoms with Crippen molar-refractivity contribution >= 4 is 5.69 Å². The quantitative estimate of drug-likeness (QED) is 0.741. The van der Waals surface area contributed by atoms with Gasteiger partial charge in [0.05, 0.1) is 0 Å². The SMILES string of the molecule is C[C@H](c1cc(F)c(N)c(F)c1)N(C)C. The summed E-state index contributed by atoms with van der Waals surface area (Å²) in [5.74, 6) is -1.40. The molecule has 1 aromatic carbocycles. The molecule has 0 spiro atoms. The third-order valence-corrected chi connectivity index (χ3v) is 2.36. The lowest BCUT2D eigenvalue weighted by atomic mass is 10.1. The van der Waals surface area contributed by atoms with Gasteiger partial charge < -0.3 is 10.6 Å². The first-order chi connectivity index (χ1) is 6.43. The number of nitrogen functional groups attached to an aromatic ring is 1. The van der Waals surface area contributed by atoms with Crippen molar-refractivity contribution < 1.29 is 8.78 Å². The fraction of sp³-hybridized carbons (Fsp3) is 0.400. The first-order valence-electron chi connectivity index (χ1n) is 4.34. The second-order valence-electron chi connectivity index (χ2n) is 3.54. The van der Waals surface area contributed by atoms with Gasteiger partial charge in [-0.3, -0.25) is 0 Å². The summed E-state index contributed by atoms with van der Waals surface area (Å²) in [6.45, 7) is 1.87. The van der Waals surface area contributed by atoms with Crippen molar-refractivity contribution in [1.82, 2.24) is 4.90 Å². The molecule has 0 heterocycles. The van der Waals surface area contributed by atoms with E-state index in [9.17, 15) is 8.78 Å². The lowest BCUT2D eigenvalue weighted by Gasteiger charge is -2.20. The first kappa shape index (κ1) is 10.9. The molecule has 0 aliphatic heterocycles. The topological polar surface area (TPSA) is 29.3 Å². The Bertz CT molecular complexity index is 314. The number of nitrogens with zero attached hydrogens (tertiary/aromatic N) is 1. The van der Waals surface area contributed by atoms with E-state index in [1.807, 2.05) is 25.9 Å². The van der Waals surface area contributed by atoms with E-state index >= 15 is 0 Å². The fourth-order valence-electron chi connectivity index (χ4n) is 1.14. The summed E-state index contributed by atoms with van der Waals surface area (Å²) >= 11 is 0. The largest absolute Gasteiger partial charge is 0.394 e. The number of halogens is 2. The van der Waals surface area contributed by atoms with Crippen LogP contribution in [0.3, 0.4) is 0 Å². The van der Waals surface area contributed by atoms with E-state index in [4.69, 9.17) is 5.73 Å². The molecule has 4 heteroatoms. The predicted molar refractivity (Wildman–Crippen MR) is 52.9 cm³/mol. The molecule has 0 amide bonds. The zero-order valence-electron chi connectivity index (χ0n) is 8.51. The van der Waals surface area contributed by atoms with E-state index in [-0.39, 0.29) is 6.04 Å². The van der Waals surface area contributed by atoms with Crippen molar-refractivity contribution in [2.45, 2.75) is 13.0 Å². The van der Waals surface area contributed by atoms with Gasteiger partial charge in [-0.2, -0.15) is 0 Å². The standard InChI is InChI=1S/C10H14F2N2/c1-6(14(2)3)7-4-8(11)10(13)9(12)5-7/h4-6H,13H2,1-3H3/t6-/m1/s1. The predicted octanol–water partition coefficient (Wildman–Crippen LogP) is 2.17. The molecule has 2 N–H and O–H groups in total. The van der Waals surface area contributed by atoms with Gasteiger partial charge in [-0.25, -0.2) is 8.78 Å². The van der Waals surface area contributed by atoms with E-state index in [2.05, 4.69) is 0 Å². The minimum absolute atomic E-state index is 0.0420. The van der Waals surface area contributed by atoms with Gasteiger partial charge >= 0.3 is 0 Å². The molecule has 0 saturated carbocycles. The number of hydrogen-bond acceptors (Lipinski definition) is 2. The highest BCUT2D eigenvalue weighted by molar-refractivity contribution is 5.43. The van der Waals surface area contributed by atoms with Gasteiger partial charge in [0.25, 0.3) is 0 Å². The maximum atomic E-state index is 13.1. The number of rotatable bonds is 2. The van der Waals surface area contributed by atoms with Crippen molar-refractivity contribution in [1.29, 1.82) is 0 Å². The second kappa shape index (κ2) is 3.92. The maximum absolute atomic E-state index is 13.1. The Balaban J connectivity index is 3.12. The molecular weight excluding hydrogens is 186 g/mol. The maximum Gasteiger partial charge on any atom is 0.149 e. The van der Waals surface area contributed by atoms with Crippen LogP contribution in [0, 0.1) is 11.6 Å². The molecule has 0 aliphatic rings. The van der Waals surface area contributed by atoms with Gasteiger partial charge in [0, 0.05) is 6.04 Å². The van der Waals surface area contributed by atoms with E-state index in [1.54, 1.807) is 0 Å². The monoisotopic (exact) mass is 200 g/mol. The average molecular weight is 200 g/mol. The Labute approximate surface area is 82.3 Å². The van der Waals surface area contributed by atoms with Crippen molar-refractivity contribution in [2.24, 2.45) is 0 Å². The molecular formula is C10H14F2N2. The molecule has 2 nitrogen and oxygen atoms in total. The van der Waals surface area contributed by atoms with Crippen molar-refractivity contribution in [3.8, 4) is 0 Å². The zero-order chi connectivity index (χ0) is 10.9. The number of nitrogens with two attached hydrogens (primary N) is 1. The molecule has 0 aromatic heterocycles. The van der Waals surface area contributed by atoms with Crippen molar-refractivity contribution in [3.05, 3.63) is 29.3 Å². The normalized spacial score (nSPS) is 13.3. The summed E-state index contributed by atoms with van der Waals surface area (Å²) < 4.78 is 26.2. The van der Waals surface area contributed by atoms with Crippen LogP contribution in [-0.4, -0.2) is 19.0 Å². The molecule has 0 fully saturated rings. The minimum atomic E-state index is -0.700. The van der Waals surface area contributed by atoms with Crippen molar-refractivity contribution in [2.75, 3.05) is 19.8 Å². The van der Waals surface area contributed by atoms with Gasteiger partial charge in [0.15, 0.2) is 0 Å². The first-order valence-corrected chi connectivity index (χ1v) is 4.34. The summed E-state index contributed by atoms with van der Waals surface area (Å²) in [7, 11) is 3.69. The van der Waals surface area contributed by atoms with Gasteiger partial charge in [0.1, 0.15) is 17.3 Å². The third kappa shape index (κ3) is 2.01. The van der Waals surface area contributed by atoms with E-state index < -0.39 is 17.3 Å². The molecule has 1 atom stereocenters. The van der Waals surface area contributed by atoms with Crippen LogP contribution < -0.4 is 5.73 Å². The summed E-state index contributed by atoms with van der Waals surface area (Å²) in [5, 5.41) is 0. The smallest absolute Gasteiger partial charge is 0.149 e. The lowest BCUT2D eigenvalue weighted by Crippen LogP contribution is -2.17. The van der Waals surface area contributed by atoms with Gasteiger partial charge in [0.2, 0.25) is 0 Å². The van der Waals surface area contributed by atoms with Crippen LogP contribution in [0.2, 0.25) is 0 Å². The van der Waals surface area contributed by atoms with E-state index in [1.165, 1.54) is 12.1 Å². The van der Waals surface area contributed by atoms with Crippen LogP contribution >= 0.6 is 0 Å². The van der Waals surface area contributed by atoms with Gasteiger partial charge in [-0.15, -0.1) is 0 Å². The zero-order valence-corrected chi connectivity index (χ0v) is 8.51. The highest BCUT2D eigenvalue weighted by atomic mass is 19.1. The van der Waals surface area contributed by atoms with E-state index in [0.717, 1.165) is 0 Å². The Hall–Kier alpha value is -1.16. The molecule has 1 rings (SSSR count). The van der Waals surface area contributed by atoms with Crippen LogP contribution in [-0.2, 0) is 0 Å². The molecule has 0 saturated heterocycles. The minimum Gasteiger partial charge on any atom is -0.394 e. The number of hydrogen-bond donors (Lipinski definition) is 1. The molecule has 0 aliphatic carbocycles. The van der Waals surface area contributed by atoms with Crippen molar-refractivity contribution in [3.63, 3.8) is 0 Å². The summed E-state index contributed by atoms with van der Waals surface area (Å²) in [6.07, 6.45) is 0. The van der Waals surface area contributed by atoms with Crippen LogP contribution in [0.1, 0.15) is 18.5 Å². The van der Waals surface area contributed by atoms with Crippen LogP contribution in [0.15, 0.2) is 12.1 Å². The second-order valence-corrected chi connectivity index (χ2v) is 3.54. The molecule has 14 heavy (non-hydrogen) atoms. The Morgan fingerprint density at radius 1 is 1.21 bits per heavy atom. The number of benzene rings is 1. The van der Waals surface area contributed by atoms with Crippen LogP contribution in [0.4, 0.5) is 14.5 Å². The Morgan fingerprint density at radius 2 is 1.64 bits per heavy atom. The third-order valence-electron chi connectivity index (χ3n) is 2.36. The molecule has 0 bridgehead atoms. The lowest BCUT2D eigenvalue weighted by molar-refractivity contribution is 0.319. The van der Waals surface area contributed by atoms with E-state index in [0.29, 0.717) is 5.56 Å².